The topological polar surface area (TPSA) is 72.9 Å². The lowest BCUT2D eigenvalue weighted by atomic mass is 9.84. The van der Waals surface area contributed by atoms with Crippen molar-refractivity contribution in [1.82, 2.24) is 0 Å². The zero-order chi connectivity index (χ0) is 25.1. The zero-order valence-electron chi connectivity index (χ0n) is 19.5. The maximum atomic E-state index is 11.9. The molecule has 1 aromatic rings. The Kier molecular flexibility index (Phi) is 12.6. The van der Waals surface area contributed by atoms with Crippen LogP contribution in [-0.2, 0) is 19.1 Å². The summed E-state index contributed by atoms with van der Waals surface area (Å²) in [5.74, 6) is 1.46. The number of carbonyl (C=O) groups is 3. The Morgan fingerprint density at radius 2 is 1.61 bits per heavy atom. The molecule has 0 heterocycles. The van der Waals surface area contributed by atoms with Gasteiger partial charge >= 0.3 is 0 Å². The number of ketones is 2. The first-order chi connectivity index (χ1) is 15.6. The van der Waals surface area contributed by atoms with Crippen molar-refractivity contribution in [3.8, 4) is 5.75 Å². The van der Waals surface area contributed by atoms with Gasteiger partial charge in [0.25, 0.3) is 6.47 Å². The predicted molar refractivity (Wildman–Crippen MR) is 134 cm³/mol. The molecule has 6 nitrogen and oxygen atoms in total. The Labute approximate surface area is 210 Å². The van der Waals surface area contributed by atoms with Crippen LogP contribution in [0, 0.1) is 6.92 Å². The summed E-state index contributed by atoms with van der Waals surface area (Å²) in [7, 11) is 0. The van der Waals surface area contributed by atoms with Gasteiger partial charge in [0, 0.05) is 47.1 Å². The second kappa shape index (κ2) is 14.3. The van der Waals surface area contributed by atoms with E-state index in [2.05, 4.69) is 4.90 Å². The fraction of sp³-hybridized carbons (Fsp3) is 0.458. The highest BCUT2D eigenvalue weighted by Crippen LogP contribution is 2.30. The number of ether oxygens (including phenoxy) is 1. The number of allylic oxidation sites excluding steroid dienone is 3. The van der Waals surface area contributed by atoms with E-state index in [9.17, 15) is 14.4 Å². The number of anilines is 1. The van der Waals surface area contributed by atoms with Gasteiger partial charge in [-0.2, -0.15) is 0 Å². The van der Waals surface area contributed by atoms with Gasteiger partial charge in [-0.15, -0.1) is 23.2 Å². The van der Waals surface area contributed by atoms with Crippen LogP contribution in [0.4, 0.5) is 5.69 Å². The van der Waals surface area contributed by atoms with Crippen molar-refractivity contribution >= 4 is 58.8 Å². The minimum atomic E-state index is -0.683. The summed E-state index contributed by atoms with van der Waals surface area (Å²) in [6, 6.07) is 5.93. The van der Waals surface area contributed by atoms with Crippen molar-refractivity contribution in [3.05, 3.63) is 46.1 Å². The summed E-state index contributed by atoms with van der Waals surface area (Å²) < 4.78 is 9.61. The molecule has 0 aliphatic heterocycles. The van der Waals surface area contributed by atoms with Crippen LogP contribution >= 0.6 is 35.1 Å². The molecule has 0 saturated heterocycles. The molecule has 33 heavy (non-hydrogen) atoms. The van der Waals surface area contributed by atoms with E-state index in [1.54, 1.807) is 27.7 Å². The van der Waals surface area contributed by atoms with E-state index >= 15 is 0 Å². The van der Waals surface area contributed by atoms with Gasteiger partial charge in [0.2, 0.25) is 0 Å². The largest absolute Gasteiger partial charge is 0.460 e. The van der Waals surface area contributed by atoms with Crippen LogP contribution in [-0.4, -0.2) is 49.0 Å². The molecule has 9 heteroatoms. The van der Waals surface area contributed by atoms with E-state index in [4.69, 9.17) is 44.1 Å². The van der Waals surface area contributed by atoms with E-state index in [-0.39, 0.29) is 23.6 Å². The predicted octanol–water partition coefficient (Wildman–Crippen LogP) is 5.55. The van der Waals surface area contributed by atoms with Crippen LogP contribution in [0.15, 0.2) is 40.5 Å². The number of Topliss-reactive ketones (excluding diaryl/α,β-unsaturated/α-hetero) is 2. The lowest BCUT2D eigenvalue weighted by Crippen LogP contribution is -2.28. The lowest BCUT2D eigenvalue weighted by molar-refractivity contribution is -0.132. The van der Waals surface area contributed by atoms with Crippen molar-refractivity contribution < 1.29 is 23.4 Å². The van der Waals surface area contributed by atoms with Crippen LogP contribution in [0.3, 0.4) is 0 Å². The number of aryl methyl sites for hydroxylation is 1. The summed E-state index contributed by atoms with van der Waals surface area (Å²) in [5.41, 5.74) is 3.59. The molecular formula is C24H30Cl3NO5. The molecule has 0 aromatic heterocycles. The fourth-order valence-corrected chi connectivity index (χ4v) is 3.85. The second-order valence-corrected chi connectivity index (χ2v) is 8.50. The molecule has 1 aliphatic rings. The van der Waals surface area contributed by atoms with E-state index in [1.807, 2.05) is 25.1 Å². The van der Waals surface area contributed by atoms with Crippen molar-refractivity contribution in [3.63, 3.8) is 0 Å². The molecule has 1 unspecified atom stereocenters. The number of alkyl halides is 2. The number of nitrogens with zero attached hydrogens (tertiary/aromatic N) is 1. The first kappa shape index (κ1) is 29.0. The molecule has 0 spiro atoms. The van der Waals surface area contributed by atoms with Crippen molar-refractivity contribution in [1.29, 1.82) is 0 Å². The Balaban J connectivity index is 0.000000331. The van der Waals surface area contributed by atoms with Gasteiger partial charge < -0.3 is 13.9 Å². The molecule has 0 amide bonds. The molecule has 1 atom stereocenters. The van der Waals surface area contributed by atoms with Crippen LogP contribution in [0.1, 0.15) is 39.7 Å². The van der Waals surface area contributed by atoms with Gasteiger partial charge in [0.15, 0.2) is 17.3 Å². The summed E-state index contributed by atoms with van der Waals surface area (Å²) in [5, 5.41) is 0. The Bertz CT molecular complexity index is 927. The number of hydrogen-bond acceptors (Lipinski definition) is 6. The van der Waals surface area contributed by atoms with Crippen LogP contribution in [0.25, 0.3) is 0 Å². The Hall–Kier alpha value is -2.02. The van der Waals surface area contributed by atoms with Crippen LogP contribution < -0.4 is 9.19 Å². The molecule has 1 aliphatic carbocycles. The highest BCUT2D eigenvalue weighted by Gasteiger charge is 2.31. The summed E-state index contributed by atoms with van der Waals surface area (Å²) in [4.78, 5) is 36.1. The number of hydrogen-bond donors (Lipinski definition) is 0. The molecular weight excluding hydrogens is 489 g/mol. The highest BCUT2D eigenvalue weighted by atomic mass is 35.5. The normalized spacial score (nSPS) is 14.5. The average molecular weight is 519 g/mol. The van der Waals surface area contributed by atoms with Gasteiger partial charge in [-0.05, 0) is 58.7 Å². The van der Waals surface area contributed by atoms with E-state index in [0.29, 0.717) is 34.2 Å². The standard InChI is InChI=1S/C12H16Cl3NO.C12H14O4/c1-10-3-4-11(12(9-10)17-15)16(8-6-14)7-2-5-13;1-6-7(2)12(15)10(8(3)11(6)14)9(4)16-5-13/h3-4,9H,2,5-8H2,1H3;5,9H,1-4H3. The minimum absolute atomic E-state index is 0.159. The molecule has 0 radical (unpaired) electrons. The molecule has 0 saturated carbocycles. The third-order valence-electron chi connectivity index (χ3n) is 5.35. The number of rotatable bonds is 10. The highest BCUT2D eigenvalue weighted by molar-refractivity contribution is 6.25. The molecule has 1 aromatic carbocycles. The molecule has 0 fully saturated rings. The molecule has 2 rings (SSSR count). The Morgan fingerprint density at radius 1 is 0.970 bits per heavy atom. The van der Waals surface area contributed by atoms with Gasteiger partial charge in [-0.3, -0.25) is 14.4 Å². The number of halogens is 3. The summed E-state index contributed by atoms with van der Waals surface area (Å²) in [6.07, 6.45) is 0.214. The van der Waals surface area contributed by atoms with Crippen molar-refractivity contribution in [2.45, 2.75) is 47.1 Å². The van der Waals surface area contributed by atoms with Crippen molar-refractivity contribution in [2.75, 3.05) is 29.7 Å². The fourth-order valence-electron chi connectivity index (χ4n) is 3.41. The monoisotopic (exact) mass is 517 g/mol. The quantitative estimate of drug-likeness (QED) is 0.230. The zero-order valence-corrected chi connectivity index (χ0v) is 21.8. The summed E-state index contributed by atoms with van der Waals surface area (Å²) in [6.45, 7) is 10.2. The van der Waals surface area contributed by atoms with Gasteiger partial charge in [0.1, 0.15) is 18.0 Å². The third kappa shape index (κ3) is 7.76. The maximum absolute atomic E-state index is 11.9. The van der Waals surface area contributed by atoms with Crippen molar-refractivity contribution in [2.24, 2.45) is 0 Å². The molecule has 0 bridgehead atoms. The van der Waals surface area contributed by atoms with E-state index in [1.165, 1.54) is 0 Å². The van der Waals surface area contributed by atoms with E-state index in [0.717, 1.165) is 30.8 Å². The lowest BCUT2D eigenvalue weighted by Gasteiger charge is -2.25. The van der Waals surface area contributed by atoms with E-state index < -0.39 is 6.10 Å². The second-order valence-electron chi connectivity index (χ2n) is 7.59. The first-order valence-corrected chi connectivity index (χ1v) is 11.8. The minimum Gasteiger partial charge on any atom is -0.460 e. The molecule has 0 N–H and O–H groups in total. The van der Waals surface area contributed by atoms with Gasteiger partial charge in [0.05, 0.1) is 5.69 Å². The smallest absolute Gasteiger partial charge is 0.293 e. The first-order valence-electron chi connectivity index (χ1n) is 10.5. The van der Waals surface area contributed by atoms with Gasteiger partial charge in [-0.1, -0.05) is 6.07 Å². The number of carbonyl (C=O) groups excluding carboxylic acids is 3. The third-order valence-corrected chi connectivity index (χ3v) is 5.96. The molecule has 182 valence electrons. The van der Waals surface area contributed by atoms with Crippen LogP contribution in [0.2, 0.25) is 0 Å². The number of benzene rings is 1. The van der Waals surface area contributed by atoms with Crippen LogP contribution in [0.5, 0.6) is 5.75 Å². The summed E-state index contributed by atoms with van der Waals surface area (Å²) >= 11 is 17.0. The average Bonchev–Trinajstić information content (AvgIpc) is 2.80. The van der Waals surface area contributed by atoms with Gasteiger partial charge in [-0.25, -0.2) is 0 Å². The SMILES string of the molecule is CC1=C(C)C(=O)C(C(C)OC=O)=C(C)C1=O.Cc1ccc(N(CCCl)CCCCl)c(OCl)c1. The maximum Gasteiger partial charge on any atom is 0.293 e. The Morgan fingerprint density at radius 3 is 2.15 bits per heavy atom.